The molecule has 0 atom stereocenters. The van der Waals surface area contributed by atoms with Gasteiger partial charge < -0.3 is 19.9 Å². The number of nitrogens with one attached hydrogen (secondary N) is 1. The first-order valence-corrected chi connectivity index (χ1v) is 7.33. The molecule has 0 bridgehead atoms. The van der Waals surface area contributed by atoms with Gasteiger partial charge in [-0.1, -0.05) is 18.2 Å². The molecule has 5 heteroatoms. The molecule has 0 fully saturated rings. The van der Waals surface area contributed by atoms with E-state index in [1.165, 1.54) is 7.11 Å². The molecule has 112 valence electrons. The SMILES string of the molecule is COc1ccccc1CNCc1cc(Br)c(O)c(OC)c1. The Hall–Kier alpha value is -1.72. The summed E-state index contributed by atoms with van der Waals surface area (Å²) in [7, 11) is 3.20. The number of aromatic hydroxyl groups is 1. The highest BCUT2D eigenvalue weighted by Crippen LogP contribution is 2.35. The van der Waals surface area contributed by atoms with E-state index in [-0.39, 0.29) is 5.75 Å². The maximum Gasteiger partial charge on any atom is 0.172 e. The van der Waals surface area contributed by atoms with Gasteiger partial charge in [-0.2, -0.15) is 0 Å². The van der Waals surface area contributed by atoms with Crippen LogP contribution in [0.25, 0.3) is 0 Å². The molecule has 0 unspecified atom stereocenters. The van der Waals surface area contributed by atoms with Crippen LogP contribution in [0.2, 0.25) is 0 Å². The minimum atomic E-state index is 0.117. The number of phenols is 1. The second kappa shape index (κ2) is 7.33. The van der Waals surface area contributed by atoms with E-state index < -0.39 is 0 Å². The number of hydrogen-bond donors (Lipinski definition) is 2. The first kappa shape index (κ1) is 15.7. The Balaban J connectivity index is 2.02. The van der Waals surface area contributed by atoms with Crippen LogP contribution in [0.1, 0.15) is 11.1 Å². The van der Waals surface area contributed by atoms with Crippen molar-refractivity contribution in [1.82, 2.24) is 5.32 Å². The van der Waals surface area contributed by atoms with Crippen LogP contribution in [0.4, 0.5) is 0 Å². The van der Waals surface area contributed by atoms with Crippen LogP contribution in [0.5, 0.6) is 17.2 Å². The second-order valence-corrected chi connectivity index (χ2v) is 5.40. The van der Waals surface area contributed by atoms with Gasteiger partial charge in [-0.3, -0.25) is 0 Å². The lowest BCUT2D eigenvalue weighted by Gasteiger charge is -2.11. The summed E-state index contributed by atoms with van der Waals surface area (Å²) < 4.78 is 11.1. The number of rotatable bonds is 6. The Kier molecular flexibility index (Phi) is 5.47. The van der Waals surface area contributed by atoms with Crippen LogP contribution in [0.15, 0.2) is 40.9 Å². The van der Waals surface area contributed by atoms with E-state index in [4.69, 9.17) is 9.47 Å². The molecule has 0 heterocycles. The lowest BCUT2D eigenvalue weighted by atomic mass is 10.1. The number of benzene rings is 2. The number of hydrogen-bond acceptors (Lipinski definition) is 4. The van der Waals surface area contributed by atoms with E-state index >= 15 is 0 Å². The van der Waals surface area contributed by atoms with Crippen LogP contribution in [0, 0.1) is 0 Å². The number of ether oxygens (including phenoxy) is 2. The van der Waals surface area contributed by atoms with E-state index in [1.54, 1.807) is 7.11 Å². The molecule has 0 aromatic heterocycles. The molecule has 21 heavy (non-hydrogen) atoms. The number of para-hydroxylation sites is 1. The van der Waals surface area contributed by atoms with E-state index in [0.29, 0.717) is 23.3 Å². The van der Waals surface area contributed by atoms with Crippen molar-refractivity contribution in [3.63, 3.8) is 0 Å². The summed E-state index contributed by atoms with van der Waals surface area (Å²) in [5.74, 6) is 1.44. The lowest BCUT2D eigenvalue weighted by molar-refractivity contribution is 0.371. The molecule has 2 aromatic carbocycles. The third-order valence-electron chi connectivity index (χ3n) is 3.15. The molecule has 0 saturated carbocycles. The van der Waals surface area contributed by atoms with Crippen LogP contribution in [-0.4, -0.2) is 19.3 Å². The van der Waals surface area contributed by atoms with Gasteiger partial charge in [0, 0.05) is 18.7 Å². The van der Waals surface area contributed by atoms with Gasteiger partial charge in [0.2, 0.25) is 0 Å². The lowest BCUT2D eigenvalue weighted by Crippen LogP contribution is -2.13. The maximum atomic E-state index is 9.78. The molecule has 0 aliphatic carbocycles. The topological polar surface area (TPSA) is 50.7 Å². The van der Waals surface area contributed by atoms with E-state index in [1.807, 2.05) is 36.4 Å². The fraction of sp³-hybridized carbons (Fsp3) is 0.250. The van der Waals surface area contributed by atoms with Crippen LogP contribution in [0.3, 0.4) is 0 Å². The van der Waals surface area contributed by atoms with Crippen molar-refractivity contribution in [2.75, 3.05) is 14.2 Å². The van der Waals surface area contributed by atoms with Gasteiger partial charge in [0.05, 0.1) is 18.7 Å². The fourth-order valence-corrected chi connectivity index (χ4v) is 2.56. The third-order valence-corrected chi connectivity index (χ3v) is 3.75. The quantitative estimate of drug-likeness (QED) is 0.836. The molecule has 4 nitrogen and oxygen atoms in total. The number of halogens is 1. The van der Waals surface area contributed by atoms with Gasteiger partial charge in [0.25, 0.3) is 0 Å². The first-order chi connectivity index (χ1) is 10.2. The Morgan fingerprint density at radius 2 is 1.76 bits per heavy atom. The molecular weight excluding hydrogens is 334 g/mol. The third kappa shape index (κ3) is 3.89. The first-order valence-electron chi connectivity index (χ1n) is 6.53. The van der Waals surface area contributed by atoms with Crippen molar-refractivity contribution in [3.05, 3.63) is 52.0 Å². The van der Waals surface area contributed by atoms with Gasteiger partial charge in [0.1, 0.15) is 5.75 Å². The summed E-state index contributed by atoms with van der Waals surface area (Å²) in [4.78, 5) is 0. The Morgan fingerprint density at radius 3 is 2.48 bits per heavy atom. The highest BCUT2D eigenvalue weighted by Gasteiger charge is 2.08. The predicted octanol–water partition coefficient (Wildman–Crippen LogP) is 3.46. The molecule has 0 aliphatic heterocycles. The Morgan fingerprint density at radius 1 is 1.05 bits per heavy atom. The normalized spacial score (nSPS) is 10.4. The van der Waals surface area contributed by atoms with Crippen LogP contribution in [-0.2, 0) is 13.1 Å². The monoisotopic (exact) mass is 351 g/mol. The molecular formula is C16H18BrNO3. The van der Waals surface area contributed by atoms with Crippen molar-refractivity contribution < 1.29 is 14.6 Å². The summed E-state index contributed by atoms with van der Waals surface area (Å²) in [6, 6.07) is 11.6. The largest absolute Gasteiger partial charge is 0.503 e. The summed E-state index contributed by atoms with van der Waals surface area (Å²) in [5, 5.41) is 13.1. The highest BCUT2D eigenvalue weighted by molar-refractivity contribution is 9.10. The minimum absolute atomic E-state index is 0.117. The smallest absolute Gasteiger partial charge is 0.172 e. The van der Waals surface area contributed by atoms with E-state index in [2.05, 4.69) is 21.2 Å². The minimum Gasteiger partial charge on any atom is -0.503 e. The summed E-state index contributed by atoms with van der Waals surface area (Å²) in [6.45, 7) is 1.36. The average Bonchev–Trinajstić information content (AvgIpc) is 2.51. The zero-order chi connectivity index (χ0) is 15.2. The summed E-state index contributed by atoms with van der Waals surface area (Å²) in [6.07, 6.45) is 0. The summed E-state index contributed by atoms with van der Waals surface area (Å²) >= 11 is 3.32. The second-order valence-electron chi connectivity index (χ2n) is 4.54. The maximum absolute atomic E-state index is 9.78. The van der Waals surface area contributed by atoms with Crippen molar-refractivity contribution in [1.29, 1.82) is 0 Å². The predicted molar refractivity (Wildman–Crippen MR) is 85.9 cm³/mol. The van der Waals surface area contributed by atoms with Crippen molar-refractivity contribution in [3.8, 4) is 17.2 Å². The highest BCUT2D eigenvalue weighted by atomic mass is 79.9. The van der Waals surface area contributed by atoms with E-state index in [9.17, 15) is 5.11 Å². The molecule has 0 amide bonds. The van der Waals surface area contributed by atoms with Gasteiger partial charge in [-0.25, -0.2) is 0 Å². The molecule has 0 aliphatic rings. The standard InChI is InChI=1S/C16H18BrNO3/c1-20-14-6-4-3-5-12(14)10-18-9-11-7-13(17)16(19)15(8-11)21-2/h3-8,18-19H,9-10H2,1-2H3. The molecule has 2 aromatic rings. The number of methoxy groups -OCH3 is 2. The molecule has 2 rings (SSSR count). The van der Waals surface area contributed by atoms with Crippen molar-refractivity contribution in [2.45, 2.75) is 13.1 Å². The molecule has 0 saturated heterocycles. The zero-order valence-corrected chi connectivity index (χ0v) is 13.6. The van der Waals surface area contributed by atoms with Crippen molar-refractivity contribution in [2.24, 2.45) is 0 Å². The molecule has 2 N–H and O–H groups in total. The van der Waals surface area contributed by atoms with Gasteiger partial charge in [-0.15, -0.1) is 0 Å². The van der Waals surface area contributed by atoms with Gasteiger partial charge in [-0.05, 0) is 39.7 Å². The summed E-state index contributed by atoms with van der Waals surface area (Å²) in [5.41, 5.74) is 2.12. The van der Waals surface area contributed by atoms with Crippen LogP contribution < -0.4 is 14.8 Å². The number of phenolic OH excluding ortho intramolecular Hbond substituents is 1. The van der Waals surface area contributed by atoms with Gasteiger partial charge >= 0.3 is 0 Å². The molecule has 0 radical (unpaired) electrons. The Bertz CT molecular complexity index is 616. The Labute approximate surface area is 132 Å². The average molecular weight is 352 g/mol. The zero-order valence-electron chi connectivity index (χ0n) is 12.0. The van der Waals surface area contributed by atoms with Gasteiger partial charge in [0.15, 0.2) is 11.5 Å². The molecule has 0 spiro atoms. The van der Waals surface area contributed by atoms with Crippen LogP contribution >= 0.6 is 15.9 Å². The van der Waals surface area contributed by atoms with E-state index in [0.717, 1.165) is 16.9 Å². The fourth-order valence-electron chi connectivity index (χ4n) is 2.08. The van der Waals surface area contributed by atoms with Crippen molar-refractivity contribution >= 4 is 15.9 Å².